The minimum atomic E-state index is -2.33. The van der Waals surface area contributed by atoms with Crippen LogP contribution >= 0.6 is 0 Å². The van der Waals surface area contributed by atoms with Crippen molar-refractivity contribution in [2.24, 2.45) is 14.1 Å². The number of rotatable bonds is 0. The van der Waals surface area contributed by atoms with E-state index < -0.39 is 17.4 Å². The molecule has 0 atom stereocenters. The van der Waals surface area contributed by atoms with E-state index in [0.717, 1.165) is 0 Å². The molecule has 0 amide bonds. The molecule has 0 unspecified atom stereocenters. The Hall–Kier alpha value is -1.32. The molecule has 92 valence electrons. The smallest absolute Gasteiger partial charge is 0.652 e. The van der Waals surface area contributed by atoms with Gasteiger partial charge in [-0.25, -0.2) is 9.78 Å². The van der Waals surface area contributed by atoms with Gasteiger partial charge in [-0.3, -0.25) is 14.3 Å². The van der Waals surface area contributed by atoms with Crippen molar-refractivity contribution in [3.63, 3.8) is 0 Å². The van der Waals surface area contributed by atoms with Gasteiger partial charge in [0.15, 0.2) is 11.2 Å². The summed E-state index contributed by atoms with van der Waals surface area (Å²) >= 11 is 0. The zero-order valence-electron chi connectivity index (χ0n) is 9.67. The summed E-state index contributed by atoms with van der Waals surface area (Å²) in [7, 11) is 3.27. The fourth-order valence-corrected chi connectivity index (χ4v) is 1.26. The third-order valence-electron chi connectivity index (χ3n) is 1.98. The van der Waals surface area contributed by atoms with Crippen LogP contribution in [0.25, 0.3) is 11.2 Å². The van der Waals surface area contributed by atoms with Gasteiger partial charge in [0.1, 0.15) is 0 Å². The summed E-state index contributed by atoms with van der Waals surface area (Å²) < 4.78 is 2.88. The topological polar surface area (TPSA) is 136 Å². The van der Waals surface area contributed by atoms with E-state index in [2.05, 4.69) is 9.97 Å². The van der Waals surface area contributed by atoms with Crippen molar-refractivity contribution in [1.82, 2.24) is 19.1 Å². The van der Waals surface area contributed by atoms with Crippen LogP contribution < -0.4 is 21.5 Å². The Labute approximate surface area is 130 Å². The number of hydrogen-bond acceptors (Lipinski definition) is 6. The Morgan fingerprint density at radius 1 is 1.33 bits per heavy atom. The van der Waals surface area contributed by atoms with Gasteiger partial charge in [-0.15, -0.1) is 0 Å². The number of imidazole rings is 1. The van der Waals surface area contributed by atoms with Crippen LogP contribution in [0.4, 0.5) is 4.79 Å². The van der Waals surface area contributed by atoms with Crippen molar-refractivity contribution in [2.75, 3.05) is 0 Å². The maximum Gasteiger partial charge on any atom is 2.00 e. The summed E-state index contributed by atoms with van der Waals surface area (Å²) in [5.74, 6) is 0. The minimum Gasteiger partial charge on any atom is -0.652 e. The molecule has 2 aromatic heterocycles. The molecular weight excluding hydrogens is 272 g/mol. The molecule has 2 aromatic rings. The Balaban J connectivity index is 0.000000512. The Bertz CT molecular complexity index is 666. The van der Waals surface area contributed by atoms with Crippen LogP contribution in [0.5, 0.6) is 0 Å². The fourth-order valence-electron chi connectivity index (χ4n) is 1.26. The van der Waals surface area contributed by atoms with Crippen molar-refractivity contribution >= 4 is 55.1 Å². The van der Waals surface area contributed by atoms with Crippen LogP contribution in [0.1, 0.15) is 0 Å². The molecule has 1 N–H and O–H groups in total. The fraction of sp³-hybridized carbons (Fsp3) is 0.250. The van der Waals surface area contributed by atoms with Crippen LogP contribution in [0, 0.1) is 0 Å². The molecule has 2 heterocycles. The van der Waals surface area contributed by atoms with Gasteiger partial charge in [0.25, 0.3) is 5.56 Å². The number of carboxylic acid groups (broad SMARTS) is 2. The predicted octanol–water partition coefficient (Wildman–Crippen LogP) is -3.87. The molecule has 0 aliphatic heterocycles. The molecule has 18 heavy (non-hydrogen) atoms. The first kappa shape index (κ1) is 16.7. The number of fused-ring (bicyclic) bond motifs is 1. The van der Waals surface area contributed by atoms with E-state index in [9.17, 15) is 9.59 Å². The molecule has 0 saturated heterocycles. The monoisotopic (exact) mass is 280 g/mol. The van der Waals surface area contributed by atoms with Crippen molar-refractivity contribution < 1.29 is 15.0 Å². The molecule has 9 nitrogen and oxygen atoms in total. The molecule has 2 rings (SSSR count). The van der Waals surface area contributed by atoms with Gasteiger partial charge in [-0.1, -0.05) is 0 Å². The number of nitrogens with zero attached hydrogens (tertiary/aromatic N) is 3. The van der Waals surface area contributed by atoms with Crippen LogP contribution in [0.2, 0.25) is 0 Å². The normalized spacial score (nSPS) is 9.22. The predicted molar refractivity (Wildman–Crippen MR) is 57.7 cm³/mol. The molecule has 10 heteroatoms. The first-order chi connectivity index (χ1) is 7.84. The number of hydrogen-bond donors (Lipinski definition) is 1. The summed E-state index contributed by atoms with van der Waals surface area (Å²) in [5.41, 5.74) is -0.0485. The van der Waals surface area contributed by atoms with E-state index in [1.807, 2.05) is 0 Å². The van der Waals surface area contributed by atoms with Crippen LogP contribution in [0.3, 0.4) is 0 Å². The molecule has 0 aromatic carbocycles. The first-order valence-electron chi connectivity index (χ1n) is 4.33. The summed E-state index contributed by atoms with van der Waals surface area (Å²) in [6.45, 7) is 0. The molecular formula is C8H8CaN4O5. The maximum atomic E-state index is 11.3. The van der Waals surface area contributed by atoms with E-state index in [1.165, 1.54) is 10.9 Å². The molecule has 0 bridgehead atoms. The average molecular weight is 280 g/mol. The molecule has 0 spiro atoms. The van der Waals surface area contributed by atoms with Gasteiger partial charge in [-0.2, -0.15) is 0 Å². The minimum absolute atomic E-state index is 0. The number of H-pyrrole nitrogens is 1. The second-order valence-electron chi connectivity index (χ2n) is 3.10. The molecule has 0 aliphatic carbocycles. The van der Waals surface area contributed by atoms with Gasteiger partial charge in [0.05, 0.1) is 6.33 Å². The Kier molecular flexibility index (Phi) is 6.09. The van der Waals surface area contributed by atoms with Crippen LogP contribution in [-0.2, 0) is 14.1 Å². The Morgan fingerprint density at radius 3 is 2.33 bits per heavy atom. The maximum absolute atomic E-state index is 11.3. The summed E-state index contributed by atoms with van der Waals surface area (Å²) in [6, 6.07) is 0. The van der Waals surface area contributed by atoms with Gasteiger partial charge in [0, 0.05) is 14.1 Å². The number of nitrogens with one attached hydrogen (secondary N) is 1. The summed E-state index contributed by atoms with van der Waals surface area (Å²) in [6.07, 6.45) is -0.834. The number of aryl methyl sites for hydroxylation is 2. The van der Waals surface area contributed by atoms with Crippen molar-refractivity contribution in [3.05, 3.63) is 27.2 Å². The van der Waals surface area contributed by atoms with Crippen molar-refractivity contribution in [3.8, 4) is 0 Å². The average Bonchev–Trinajstić information content (AvgIpc) is 2.56. The van der Waals surface area contributed by atoms with Gasteiger partial charge in [-0.05, 0) is 6.16 Å². The molecule has 0 radical (unpaired) electrons. The number of aromatic nitrogens is 4. The van der Waals surface area contributed by atoms with E-state index in [4.69, 9.17) is 15.0 Å². The third kappa shape index (κ3) is 3.59. The standard InChI is InChI=1S/C7H8N4O2.CH2O3.Ca/c1-10-3-8-5-4(10)6(12)9-7(13)11(5)2;2-1(3)4;/h3H,1-2H3,(H,9,12,13);(H2,2,3,4);/q;;+2/p-2. The molecule has 0 fully saturated rings. The molecule has 0 saturated carbocycles. The number of carbonyl (C=O) groups excluding carboxylic acids is 1. The Morgan fingerprint density at radius 2 is 1.83 bits per heavy atom. The van der Waals surface area contributed by atoms with Gasteiger partial charge >= 0.3 is 43.4 Å². The van der Waals surface area contributed by atoms with E-state index >= 15 is 0 Å². The van der Waals surface area contributed by atoms with Gasteiger partial charge < -0.3 is 19.6 Å². The second kappa shape index (κ2) is 6.57. The van der Waals surface area contributed by atoms with Gasteiger partial charge in [0.2, 0.25) is 0 Å². The quantitative estimate of drug-likeness (QED) is 0.490. The largest absolute Gasteiger partial charge is 2.00 e. The van der Waals surface area contributed by atoms with E-state index in [0.29, 0.717) is 11.2 Å². The van der Waals surface area contributed by atoms with Crippen LogP contribution in [-0.4, -0.2) is 63.0 Å². The summed E-state index contributed by atoms with van der Waals surface area (Å²) in [5, 5.41) is 16.7. The SMILES string of the molecule is Cn1cnc2c1c(=O)[nH]c(=O)n2C.O=C([O-])[O-].[Ca+2]. The number of carbonyl (C=O) groups is 1. The summed E-state index contributed by atoms with van der Waals surface area (Å²) in [4.78, 5) is 36.9. The third-order valence-corrected chi connectivity index (χ3v) is 1.98. The molecule has 0 aliphatic rings. The van der Waals surface area contributed by atoms with Crippen molar-refractivity contribution in [1.29, 1.82) is 0 Å². The first-order valence-corrected chi connectivity index (χ1v) is 4.33. The zero-order chi connectivity index (χ0) is 13.2. The van der Waals surface area contributed by atoms with Crippen LogP contribution in [0.15, 0.2) is 15.9 Å². The van der Waals surface area contributed by atoms with E-state index in [1.54, 1.807) is 18.7 Å². The second-order valence-corrected chi connectivity index (χ2v) is 3.10. The zero-order valence-corrected chi connectivity index (χ0v) is 11.9. The van der Waals surface area contributed by atoms with Crippen molar-refractivity contribution in [2.45, 2.75) is 0 Å². The van der Waals surface area contributed by atoms with E-state index in [-0.39, 0.29) is 37.7 Å². The number of aromatic amines is 1.